The van der Waals surface area contributed by atoms with E-state index in [2.05, 4.69) is 12.2 Å². The van der Waals surface area contributed by atoms with Gasteiger partial charge >= 0.3 is 0 Å². The van der Waals surface area contributed by atoms with Gasteiger partial charge in [0.05, 0.1) is 0 Å². The van der Waals surface area contributed by atoms with Crippen molar-refractivity contribution in [2.24, 2.45) is 0 Å². The van der Waals surface area contributed by atoms with Gasteiger partial charge < -0.3 is 5.32 Å². The quantitative estimate of drug-likeness (QED) is 0.884. The lowest BCUT2D eigenvalue weighted by Crippen LogP contribution is -2.41. The SMILES string of the molecule is CCNC(Cc1cc(F)ccc1F)C1CCCCS1. The van der Waals surface area contributed by atoms with Crippen LogP contribution in [0.5, 0.6) is 0 Å². The van der Waals surface area contributed by atoms with E-state index < -0.39 is 0 Å². The minimum absolute atomic E-state index is 0.228. The predicted molar refractivity (Wildman–Crippen MR) is 77.6 cm³/mol. The van der Waals surface area contributed by atoms with E-state index in [-0.39, 0.29) is 17.7 Å². The molecule has 1 fully saturated rings. The van der Waals surface area contributed by atoms with Crippen LogP contribution < -0.4 is 5.32 Å². The van der Waals surface area contributed by atoms with Gasteiger partial charge in [-0.2, -0.15) is 11.8 Å². The van der Waals surface area contributed by atoms with Crippen LogP contribution in [0.2, 0.25) is 0 Å². The Bertz CT molecular complexity index is 405. The van der Waals surface area contributed by atoms with Crippen LogP contribution in [-0.4, -0.2) is 23.6 Å². The van der Waals surface area contributed by atoms with Crippen LogP contribution in [0.1, 0.15) is 31.7 Å². The van der Waals surface area contributed by atoms with Crippen LogP contribution in [0.4, 0.5) is 8.78 Å². The Morgan fingerprint density at radius 1 is 1.37 bits per heavy atom. The summed E-state index contributed by atoms with van der Waals surface area (Å²) in [4.78, 5) is 0. The van der Waals surface area contributed by atoms with E-state index >= 15 is 0 Å². The van der Waals surface area contributed by atoms with Crippen molar-refractivity contribution < 1.29 is 8.78 Å². The van der Waals surface area contributed by atoms with Crippen molar-refractivity contribution in [3.05, 3.63) is 35.4 Å². The van der Waals surface area contributed by atoms with Crippen LogP contribution >= 0.6 is 11.8 Å². The van der Waals surface area contributed by atoms with E-state index in [1.54, 1.807) is 0 Å². The second-order valence-corrected chi connectivity index (χ2v) is 6.36. The van der Waals surface area contributed by atoms with Gasteiger partial charge in [-0.3, -0.25) is 0 Å². The average Bonchev–Trinajstić information content (AvgIpc) is 2.43. The number of thioether (sulfide) groups is 1. The first-order valence-corrected chi connectivity index (χ1v) is 8.04. The third-order valence-electron chi connectivity index (χ3n) is 3.58. The molecule has 19 heavy (non-hydrogen) atoms. The molecule has 0 bridgehead atoms. The molecule has 2 rings (SSSR count). The summed E-state index contributed by atoms with van der Waals surface area (Å²) in [5, 5.41) is 3.95. The van der Waals surface area contributed by atoms with Gasteiger partial charge in [0.15, 0.2) is 0 Å². The summed E-state index contributed by atoms with van der Waals surface area (Å²) in [6.45, 7) is 2.92. The largest absolute Gasteiger partial charge is 0.313 e. The summed E-state index contributed by atoms with van der Waals surface area (Å²) in [6, 6.07) is 3.96. The Kier molecular flexibility index (Phi) is 5.64. The van der Waals surface area contributed by atoms with Crippen LogP contribution in [0.25, 0.3) is 0 Å². The van der Waals surface area contributed by atoms with Crippen molar-refractivity contribution in [2.45, 2.75) is 43.9 Å². The molecule has 0 saturated carbocycles. The number of rotatable bonds is 5. The molecule has 1 aliphatic rings. The van der Waals surface area contributed by atoms with Crippen molar-refractivity contribution in [3.63, 3.8) is 0 Å². The Labute approximate surface area is 118 Å². The highest BCUT2D eigenvalue weighted by molar-refractivity contribution is 8.00. The summed E-state index contributed by atoms with van der Waals surface area (Å²) in [5.74, 6) is 0.520. The molecule has 0 amide bonds. The highest BCUT2D eigenvalue weighted by Crippen LogP contribution is 2.29. The molecule has 4 heteroatoms. The molecule has 1 nitrogen and oxygen atoms in total. The monoisotopic (exact) mass is 285 g/mol. The van der Waals surface area contributed by atoms with Crippen molar-refractivity contribution in [3.8, 4) is 0 Å². The van der Waals surface area contributed by atoms with Crippen molar-refractivity contribution >= 4 is 11.8 Å². The van der Waals surface area contributed by atoms with Gasteiger partial charge in [-0.05, 0) is 55.3 Å². The molecule has 106 valence electrons. The molecule has 0 radical (unpaired) electrons. The molecule has 1 aliphatic heterocycles. The molecule has 1 aromatic carbocycles. The number of benzene rings is 1. The van der Waals surface area contributed by atoms with E-state index in [1.807, 2.05) is 11.8 Å². The maximum Gasteiger partial charge on any atom is 0.126 e. The third-order valence-corrected chi connectivity index (χ3v) is 5.09. The lowest BCUT2D eigenvalue weighted by molar-refractivity contribution is 0.462. The highest BCUT2D eigenvalue weighted by Gasteiger charge is 2.24. The minimum atomic E-state index is -0.358. The molecule has 0 aromatic heterocycles. The van der Waals surface area contributed by atoms with Crippen molar-refractivity contribution in [2.75, 3.05) is 12.3 Å². The van der Waals surface area contributed by atoms with E-state index in [0.717, 1.165) is 6.54 Å². The standard InChI is InChI=1S/C15H21F2NS/c1-2-18-14(15-5-3-4-8-19-15)10-11-9-12(16)6-7-13(11)17/h6-7,9,14-15,18H,2-5,8,10H2,1H3. The van der Waals surface area contributed by atoms with Crippen LogP contribution in [0, 0.1) is 11.6 Å². The summed E-state index contributed by atoms with van der Waals surface area (Å²) < 4.78 is 27.0. The first-order chi connectivity index (χ1) is 9.20. The normalized spacial score (nSPS) is 21.3. The van der Waals surface area contributed by atoms with Gasteiger partial charge in [-0.25, -0.2) is 8.78 Å². The molecular weight excluding hydrogens is 264 g/mol. The van der Waals surface area contributed by atoms with Gasteiger partial charge in [-0.15, -0.1) is 0 Å². The number of likely N-dealkylation sites (N-methyl/N-ethyl adjacent to an activating group) is 1. The first-order valence-electron chi connectivity index (χ1n) is 6.99. The summed E-state index contributed by atoms with van der Waals surface area (Å²) in [7, 11) is 0. The fraction of sp³-hybridized carbons (Fsp3) is 0.600. The molecular formula is C15H21F2NS. The van der Waals surface area contributed by atoms with E-state index in [4.69, 9.17) is 0 Å². The molecule has 1 heterocycles. The topological polar surface area (TPSA) is 12.0 Å². The molecule has 1 N–H and O–H groups in total. The molecule has 0 aliphatic carbocycles. The zero-order valence-electron chi connectivity index (χ0n) is 11.3. The van der Waals surface area contributed by atoms with Gasteiger partial charge in [0, 0.05) is 11.3 Å². The summed E-state index contributed by atoms with van der Waals surface area (Å²) in [5.41, 5.74) is 0.483. The second kappa shape index (κ2) is 7.25. The van der Waals surface area contributed by atoms with Crippen molar-refractivity contribution in [1.29, 1.82) is 0 Å². The van der Waals surface area contributed by atoms with Crippen LogP contribution in [-0.2, 0) is 6.42 Å². The fourth-order valence-electron chi connectivity index (χ4n) is 2.62. The van der Waals surface area contributed by atoms with Gasteiger partial charge in [0.2, 0.25) is 0 Å². The zero-order chi connectivity index (χ0) is 13.7. The lowest BCUT2D eigenvalue weighted by atomic mass is 9.99. The van der Waals surface area contributed by atoms with Gasteiger partial charge in [0.1, 0.15) is 11.6 Å². The number of nitrogens with one attached hydrogen (secondary N) is 1. The van der Waals surface area contributed by atoms with Gasteiger partial charge in [-0.1, -0.05) is 13.3 Å². The maximum absolute atomic E-state index is 13.7. The fourth-order valence-corrected chi connectivity index (χ4v) is 4.05. The lowest BCUT2D eigenvalue weighted by Gasteiger charge is -2.30. The zero-order valence-corrected chi connectivity index (χ0v) is 12.1. The van der Waals surface area contributed by atoms with Crippen molar-refractivity contribution in [1.82, 2.24) is 5.32 Å². The Balaban J connectivity index is 2.08. The molecule has 2 unspecified atom stereocenters. The van der Waals surface area contributed by atoms with E-state index in [1.165, 1.54) is 43.2 Å². The highest BCUT2D eigenvalue weighted by atomic mass is 32.2. The second-order valence-electron chi connectivity index (χ2n) is 5.01. The predicted octanol–water partition coefficient (Wildman–Crippen LogP) is 3.77. The Morgan fingerprint density at radius 2 is 2.21 bits per heavy atom. The maximum atomic E-state index is 13.7. The van der Waals surface area contributed by atoms with Crippen LogP contribution in [0.15, 0.2) is 18.2 Å². The van der Waals surface area contributed by atoms with Crippen LogP contribution in [0.3, 0.4) is 0 Å². The Morgan fingerprint density at radius 3 is 2.89 bits per heavy atom. The number of hydrogen-bond acceptors (Lipinski definition) is 2. The average molecular weight is 285 g/mol. The Hall–Kier alpha value is -0.610. The van der Waals surface area contributed by atoms with E-state index in [0.29, 0.717) is 17.2 Å². The third kappa shape index (κ3) is 4.18. The smallest absolute Gasteiger partial charge is 0.126 e. The number of halogens is 2. The summed E-state index contributed by atoms with van der Waals surface area (Å²) >= 11 is 1.96. The minimum Gasteiger partial charge on any atom is -0.313 e. The van der Waals surface area contributed by atoms with E-state index in [9.17, 15) is 8.78 Å². The summed E-state index contributed by atoms with van der Waals surface area (Å²) in [6.07, 6.45) is 4.24. The molecule has 1 saturated heterocycles. The molecule has 0 spiro atoms. The first kappa shape index (κ1) is 14.8. The molecule has 1 aromatic rings. The molecule has 2 atom stereocenters. The number of hydrogen-bond donors (Lipinski definition) is 1. The van der Waals surface area contributed by atoms with Gasteiger partial charge in [0.25, 0.3) is 0 Å².